The molecule has 0 aromatic carbocycles. The fourth-order valence-corrected chi connectivity index (χ4v) is 1.09. The number of hydrogen-bond donors (Lipinski definition) is 0. The number of rotatable bonds is 0. The number of fused-ring (bicyclic) bond motifs is 1. The Bertz CT molecular complexity index is 383. The van der Waals surface area contributed by atoms with Crippen LogP contribution in [0.2, 0.25) is 0 Å². The predicted octanol–water partition coefficient (Wildman–Crippen LogP) is 1.64. The third kappa shape index (κ3) is 1.03. The molecule has 0 unspecified atom stereocenters. The molecule has 0 radical (unpaired) electrons. The molecule has 3 nitrogen and oxygen atoms in total. The van der Waals surface area contributed by atoms with Crippen LogP contribution >= 0.6 is 0 Å². The molecule has 0 spiro atoms. The molecule has 0 saturated carbocycles. The lowest BCUT2D eigenvalue weighted by Gasteiger charge is -1.99. The molecule has 0 aliphatic rings. The third-order valence-electron chi connectivity index (χ3n) is 1.90. The van der Waals surface area contributed by atoms with Crippen LogP contribution in [0.3, 0.4) is 0 Å². The summed E-state index contributed by atoms with van der Waals surface area (Å²) in [6, 6.07) is 2.00. The summed E-state index contributed by atoms with van der Waals surface area (Å²) in [5, 5.41) is 0. The van der Waals surface area contributed by atoms with Crippen molar-refractivity contribution >= 4 is 11.2 Å². The van der Waals surface area contributed by atoms with E-state index < -0.39 is 0 Å². The van der Waals surface area contributed by atoms with Crippen molar-refractivity contribution in [2.75, 3.05) is 0 Å². The Hall–Kier alpha value is -1.51. The third-order valence-corrected chi connectivity index (χ3v) is 1.90. The Morgan fingerprint density at radius 2 is 1.83 bits per heavy atom. The summed E-state index contributed by atoms with van der Waals surface area (Å²) in [5.41, 5.74) is 3.76. The average Bonchev–Trinajstić information content (AvgIpc) is 2.07. The van der Waals surface area contributed by atoms with E-state index in [1.54, 1.807) is 12.4 Å². The second-order valence-electron chi connectivity index (χ2n) is 2.79. The van der Waals surface area contributed by atoms with Crippen molar-refractivity contribution in [3.63, 3.8) is 0 Å². The molecule has 2 aromatic heterocycles. The summed E-state index contributed by atoms with van der Waals surface area (Å²) < 4.78 is 0. The van der Waals surface area contributed by atoms with Crippen molar-refractivity contribution in [1.82, 2.24) is 15.0 Å². The minimum absolute atomic E-state index is 0.723. The average molecular weight is 159 g/mol. The first kappa shape index (κ1) is 7.16. The monoisotopic (exact) mass is 159 g/mol. The predicted molar refractivity (Wildman–Crippen MR) is 46.8 cm³/mol. The highest BCUT2D eigenvalue weighted by Crippen LogP contribution is 2.10. The molecule has 3 heteroatoms. The molecule has 2 heterocycles. The fraction of sp³-hybridized carbons (Fsp3) is 0.222. The second kappa shape index (κ2) is 2.52. The van der Waals surface area contributed by atoms with Crippen LogP contribution in [0, 0.1) is 13.8 Å². The van der Waals surface area contributed by atoms with Gasteiger partial charge in [0.1, 0.15) is 5.52 Å². The van der Waals surface area contributed by atoms with Gasteiger partial charge < -0.3 is 0 Å². The van der Waals surface area contributed by atoms with E-state index in [1.807, 2.05) is 19.9 Å². The Morgan fingerprint density at radius 1 is 1.08 bits per heavy atom. The molecule has 0 saturated heterocycles. The van der Waals surface area contributed by atoms with E-state index in [-0.39, 0.29) is 0 Å². The Kier molecular flexibility index (Phi) is 1.50. The van der Waals surface area contributed by atoms with Gasteiger partial charge in [0.2, 0.25) is 0 Å². The van der Waals surface area contributed by atoms with Crippen LogP contribution in [0.4, 0.5) is 0 Å². The normalized spacial score (nSPS) is 10.5. The molecule has 2 rings (SSSR count). The Morgan fingerprint density at radius 3 is 2.67 bits per heavy atom. The zero-order chi connectivity index (χ0) is 8.55. The maximum Gasteiger partial charge on any atom is 0.178 e. The zero-order valence-corrected chi connectivity index (χ0v) is 7.07. The lowest BCUT2D eigenvalue weighted by Crippen LogP contribution is -1.91. The smallest absolute Gasteiger partial charge is 0.178 e. The summed E-state index contributed by atoms with van der Waals surface area (Å²) in [6.45, 7) is 4.00. The van der Waals surface area contributed by atoms with Gasteiger partial charge in [0.15, 0.2) is 5.65 Å². The van der Waals surface area contributed by atoms with Crippen LogP contribution in [0.15, 0.2) is 18.5 Å². The fourth-order valence-electron chi connectivity index (χ4n) is 1.09. The summed E-state index contributed by atoms with van der Waals surface area (Å²) in [6.07, 6.45) is 3.34. The topological polar surface area (TPSA) is 38.7 Å². The molecule has 0 atom stereocenters. The second-order valence-corrected chi connectivity index (χ2v) is 2.79. The molecule has 60 valence electrons. The highest BCUT2D eigenvalue weighted by molar-refractivity contribution is 5.70. The summed E-state index contributed by atoms with van der Waals surface area (Å²) in [4.78, 5) is 12.6. The van der Waals surface area contributed by atoms with Crippen LogP contribution in [0.1, 0.15) is 11.3 Å². The first-order chi connectivity index (χ1) is 5.77. The number of aryl methyl sites for hydroxylation is 2. The highest BCUT2D eigenvalue weighted by Gasteiger charge is 1.99. The van der Waals surface area contributed by atoms with Crippen molar-refractivity contribution in [1.29, 1.82) is 0 Å². The molecule has 0 aliphatic carbocycles. The van der Waals surface area contributed by atoms with E-state index in [2.05, 4.69) is 15.0 Å². The van der Waals surface area contributed by atoms with Crippen LogP contribution in [-0.2, 0) is 0 Å². The number of nitrogens with zero attached hydrogens (tertiary/aromatic N) is 3. The van der Waals surface area contributed by atoms with Crippen molar-refractivity contribution in [2.24, 2.45) is 0 Å². The highest BCUT2D eigenvalue weighted by atomic mass is 14.9. The van der Waals surface area contributed by atoms with Gasteiger partial charge in [-0.1, -0.05) is 0 Å². The molecule has 0 aliphatic heterocycles. The van der Waals surface area contributed by atoms with Crippen LogP contribution in [-0.4, -0.2) is 15.0 Å². The zero-order valence-electron chi connectivity index (χ0n) is 7.07. The SMILES string of the molecule is Cc1cc2nccnc2nc1C. The maximum atomic E-state index is 4.30. The van der Waals surface area contributed by atoms with Crippen LogP contribution in [0.25, 0.3) is 11.2 Å². The van der Waals surface area contributed by atoms with Crippen molar-refractivity contribution in [3.05, 3.63) is 29.7 Å². The molecule has 12 heavy (non-hydrogen) atoms. The molecular weight excluding hydrogens is 150 g/mol. The lowest BCUT2D eigenvalue weighted by molar-refractivity contribution is 1.14. The summed E-state index contributed by atoms with van der Waals surface area (Å²) >= 11 is 0. The van der Waals surface area contributed by atoms with Crippen LogP contribution < -0.4 is 0 Å². The quantitative estimate of drug-likeness (QED) is 0.586. The minimum atomic E-state index is 0.723. The van der Waals surface area contributed by atoms with Gasteiger partial charge in [-0.2, -0.15) is 0 Å². The lowest BCUT2D eigenvalue weighted by atomic mass is 10.2. The van der Waals surface area contributed by atoms with Gasteiger partial charge in [-0.3, -0.25) is 4.98 Å². The van der Waals surface area contributed by atoms with Crippen molar-refractivity contribution in [3.8, 4) is 0 Å². The van der Waals surface area contributed by atoms with E-state index in [1.165, 1.54) is 0 Å². The van der Waals surface area contributed by atoms with E-state index in [0.29, 0.717) is 0 Å². The Labute approximate surface area is 70.5 Å². The van der Waals surface area contributed by atoms with Gasteiger partial charge in [-0.05, 0) is 25.5 Å². The molecule has 0 fully saturated rings. The molecule has 0 bridgehead atoms. The molecular formula is C9H9N3. The van der Waals surface area contributed by atoms with Crippen molar-refractivity contribution < 1.29 is 0 Å². The van der Waals surface area contributed by atoms with E-state index in [9.17, 15) is 0 Å². The largest absolute Gasteiger partial charge is 0.251 e. The number of aromatic nitrogens is 3. The molecule has 0 N–H and O–H groups in total. The molecule has 0 amide bonds. The minimum Gasteiger partial charge on any atom is -0.251 e. The Balaban J connectivity index is 2.84. The summed E-state index contributed by atoms with van der Waals surface area (Å²) in [7, 11) is 0. The van der Waals surface area contributed by atoms with Gasteiger partial charge in [-0.25, -0.2) is 9.97 Å². The van der Waals surface area contributed by atoms with Crippen molar-refractivity contribution in [2.45, 2.75) is 13.8 Å². The maximum absolute atomic E-state index is 4.30. The first-order valence-corrected chi connectivity index (χ1v) is 3.82. The standard InChI is InChI=1S/C9H9N3/c1-6-5-8-9(12-7(6)2)11-4-3-10-8/h3-5H,1-2H3. The van der Waals surface area contributed by atoms with Gasteiger partial charge in [0, 0.05) is 18.1 Å². The van der Waals surface area contributed by atoms with Gasteiger partial charge >= 0.3 is 0 Å². The summed E-state index contributed by atoms with van der Waals surface area (Å²) in [5.74, 6) is 0. The van der Waals surface area contributed by atoms with E-state index >= 15 is 0 Å². The van der Waals surface area contributed by atoms with Crippen LogP contribution in [0.5, 0.6) is 0 Å². The van der Waals surface area contributed by atoms with Gasteiger partial charge in [0.25, 0.3) is 0 Å². The number of hydrogen-bond acceptors (Lipinski definition) is 3. The molecule has 2 aromatic rings. The first-order valence-electron chi connectivity index (χ1n) is 3.82. The van der Waals surface area contributed by atoms with Gasteiger partial charge in [0.05, 0.1) is 0 Å². The van der Waals surface area contributed by atoms with E-state index in [4.69, 9.17) is 0 Å². The number of pyridine rings is 1. The van der Waals surface area contributed by atoms with Gasteiger partial charge in [-0.15, -0.1) is 0 Å². The van der Waals surface area contributed by atoms with E-state index in [0.717, 1.165) is 22.4 Å².